The summed E-state index contributed by atoms with van der Waals surface area (Å²) in [6.07, 6.45) is 3.65. The molecule has 28 heavy (non-hydrogen) atoms. The molecule has 4 nitrogen and oxygen atoms in total. The quantitative estimate of drug-likeness (QED) is 0.718. The zero-order chi connectivity index (χ0) is 20.2. The number of sulfone groups is 1. The van der Waals surface area contributed by atoms with E-state index in [1.807, 2.05) is 37.3 Å². The molecular formula is C23H31NO3S. The fourth-order valence-electron chi connectivity index (χ4n) is 4.09. The minimum absolute atomic E-state index is 0.114. The van der Waals surface area contributed by atoms with Crippen molar-refractivity contribution < 1.29 is 13.2 Å². The lowest BCUT2D eigenvalue weighted by Crippen LogP contribution is -2.50. The lowest BCUT2D eigenvalue weighted by atomic mass is 9.88. The molecule has 0 radical (unpaired) electrons. The van der Waals surface area contributed by atoms with E-state index in [4.69, 9.17) is 4.74 Å². The summed E-state index contributed by atoms with van der Waals surface area (Å²) < 4.78 is 32.5. The third kappa shape index (κ3) is 4.26. The van der Waals surface area contributed by atoms with Gasteiger partial charge >= 0.3 is 0 Å². The molecule has 0 saturated carbocycles. The summed E-state index contributed by atoms with van der Waals surface area (Å²) in [5.41, 5.74) is 1.45. The van der Waals surface area contributed by atoms with Crippen molar-refractivity contribution in [1.82, 2.24) is 5.32 Å². The largest absolute Gasteiger partial charge is 0.494 e. The molecule has 5 heteroatoms. The second-order valence-electron chi connectivity index (χ2n) is 7.62. The monoisotopic (exact) mass is 401 g/mol. The Morgan fingerprint density at radius 2 is 1.86 bits per heavy atom. The number of benzene rings is 2. The first-order valence-corrected chi connectivity index (χ1v) is 11.9. The van der Waals surface area contributed by atoms with E-state index in [1.165, 1.54) is 0 Å². The van der Waals surface area contributed by atoms with Gasteiger partial charge in [-0.3, -0.25) is 5.32 Å². The van der Waals surface area contributed by atoms with E-state index in [-0.39, 0.29) is 11.8 Å². The van der Waals surface area contributed by atoms with Crippen molar-refractivity contribution in [3.05, 3.63) is 59.7 Å². The van der Waals surface area contributed by atoms with Gasteiger partial charge in [-0.2, -0.15) is 0 Å². The van der Waals surface area contributed by atoms with Crippen LogP contribution in [-0.2, 0) is 9.84 Å². The van der Waals surface area contributed by atoms with Crippen molar-refractivity contribution in [3.8, 4) is 5.75 Å². The fraction of sp³-hybridized carbons (Fsp3) is 0.478. The average Bonchev–Trinajstić information content (AvgIpc) is 2.80. The molecule has 0 fully saturated rings. The van der Waals surface area contributed by atoms with Crippen molar-refractivity contribution in [2.45, 2.75) is 62.9 Å². The van der Waals surface area contributed by atoms with Crippen LogP contribution in [0.25, 0.3) is 0 Å². The number of fused-ring (bicyclic) bond motifs is 1. The Hall–Kier alpha value is -1.85. The molecule has 1 N–H and O–H groups in total. The van der Waals surface area contributed by atoms with Gasteiger partial charge < -0.3 is 4.74 Å². The van der Waals surface area contributed by atoms with E-state index in [2.05, 4.69) is 31.3 Å². The van der Waals surface area contributed by atoms with Gasteiger partial charge in [0.15, 0.2) is 9.84 Å². The van der Waals surface area contributed by atoms with Crippen LogP contribution < -0.4 is 10.1 Å². The van der Waals surface area contributed by atoms with Gasteiger partial charge in [-0.1, -0.05) is 63.1 Å². The molecule has 0 amide bonds. The van der Waals surface area contributed by atoms with E-state index in [9.17, 15) is 8.42 Å². The first-order valence-electron chi connectivity index (χ1n) is 10.3. The molecule has 3 rings (SSSR count). The summed E-state index contributed by atoms with van der Waals surface area (Å²) in [6, 6.07) is 15.5. The van der Waals surface area contributed by atoms with Gasteiger partial charge in [0.05, 0.1) is 23.3 Å². The average molecular weight is 402 g/mol. The SMILES string of the molecule is CCCC[C@@]1(CC)CS(=O)(=O)c2cc(OCC)ccc2C(c2ccccc2)N1. The highest BCUT2D eigenvalue weighted by Crippen LogP contribution is 2.39. The van der Waals surface area contributed by atoms with Crippen LogP contribution in [0.4, 0.5) is 0 Å². The molecule has 2 atom stereocenters. The summed E-state index contributed by atoms with van der Waals surface area (Å²) in [7, 11) is -3.45. The molecule has 1 aliphatic heterocycles. The predicted molar refractivity (Wildman–Crippen MR) is 114 cm³/mol. The van der Waals surface area contributed by atoms with Crippen LogP contribution in [0.2, 0.25) is 0 Å². The molecule has 0 bridgehead atoms. The number of hydrogen-bond acceptors (Lipinski definition) is 4. The van der Waals surface area contributed by atoms with Crippen LogP contribution in [-0.4, -0.2) is 26.3 Å². The van der Waals surface area contributed by atoms with Gasteiger partial charge in [-0.15, -0.1) is 0 Å². The number of unbranched alkanes of at least 4 members (excludes halogenated alkanes) is 1. The zero-order valence-corrected chi connectivity index (χ0v) is 17.9. The van der Waals surface area contributed by atoms with Gasteiger partial charge in [0.2, 0.25) is 0 Å². The molecular weight excluding hydrogens is 370 g/mol. The van der Waals surface area contributed by atoms with Gasteiger partial charge in [-0.05, 0) is 43.0 Å². The third-order valence-electron chi connectivity index (χ3n) is 5.68. The number of hydrogen-bond donors (Lipinski definition) is 1. The molecule has 152 valence electrons. The molecule has 0 aliphatic carbocycles. The standard InChI is InChI=1S/C23H31NO3S/c1-4-7-15-23(5-2)17-28(25,26)21-16-19(27-6-3)13-14-20(21)22(24-23)18-11-9-8-10-12-18/h8-14,16,22,24H,4-7,15,17H2,1-3H3/t22?,23-/m0/s1. The van der Waals surface area contributed by atoms with Crippen LogP contribution in [0.1, 0.15) is 63.6 Å². The van der Waals surface area contributed by atoms with Gasteiger partial charge in [0.25, 0.3) is 0 Å². The Morgan fingerprint density at radius 3 is 2.50 bits per heavy atom. The first-order chi connectivity index (χ1) is 13.4. The smallest absolute Gasteiger partial charge is 0.180 e. The van der Waals surface area contributed by atoms with Crippen molar-refractivity contribution in [2.24, 2.45) is 0 Å². The Bertz CT molecular complexity index is 895. The molecule has 1 aliphatic rings. The molecule has 0 saturated heterocycles. The predicted octanol–water partition coefficient (Wildman–Crippen LogP) is 4.89. The van der Waals surface area contributed by atoms with Crippen molar-refractivity contribution in [1.29, 1.82) is 0 Å². The molecule has 0 spiro atoms. The lowest BCUT2D eigenvalue weighted by molar-refractivity contribution is 0.294. The Morgan fingerprint density at radius 1 is 1.11 bits per heavy atom. The first kappa shape index (κ1) is 20.9. The molecule has 1 unspecified atom stereocenters. The topological polar surface area (TPSA) is 55.4 Å². The summed E-state index contributed by atoms with van der Waals surface area (Å²) in [4.78, 5) is 0.395. The summed E-state index contributed by atoms with van der Waals surface area (Å²) in [5, 5.41) is 3.77. The van der Waals surface area contributed by atoms with E-state index < -0.39 is 15.4 Å². The lowest BCUT2D eigenvalue weighted by Gasteiger charge is -2.35. The van der Waals surface area contributed by atoms with Crippen LogP contribution in [0.3, 0.4) is 0 Å². The van der Waals surface area contributed by atoms with Crippen molar-refractivity contribution in [2.75, 3.05) is 12.4 Å². The van der Waals surface area contributed by atoms with E-state index in [1.54, 1.807) is 6.07 Å². The van der Waals surface area contributed by atoms with Crippen molar-refractivity contribution in [3.63, 3.8) is 0 Å². The van der Waals surface area contributed by atoms with Crippen LogP contribution in [0.15, 0.2) is 53.4 Å². The normalized spacial score (nSPS) is 23.6. The second-order valence-corrected chi connectivity index (χ2v) is 9.58. The summed E-state index contributed by atoms with van der Waals surface area (Å²) >= 11 is 0. The molecule has 0 aromatic heterocycles. The van der Waals surface area contributed by atoms with E-state index in [0.717, 1.165) is 36.8 Å². The third-order valence-corrected chi connectivity index (χ3v) is 7.63. The van der Waals surface area contributed by atoms with Crippen LogP contribution in [0, 0.1) is 0 Å². The fourth-order valence-corrected chi connectivity index (χ4v) is 6.25. The van der Waals surface area contributed by atoms with Crippen LogP contribution >= 0.6 is 0 Å². The Kier molecular flexibility index (Phi) is 6.46. The number of ether oxygens (including phenoxy) is 1. The number of rotatable bonds is 7. The number of nitrogens with one attached hydrogen (secondary N) is 1. The minimum atomic E-state index is -3.45. The highest BCUT2D eigenvalue weighted by atomic mass is 32.2. The summed E-state index contributed by atoms with van der Waals surface area (Å²) in [6.45, 7) is 6.64. The maximum absolute atomic E-state index is 13.5. The van der Waals surface area contributed by atoms with Crippen molar-refractivity contribution >= 4 is 9.84 Å². The molecule has 2 aromatic carbocycles. The van der Waals surface area contributed by atoms with Crippen LogP contribution in [0.5, 0.6) is 5.75 Å². The van der Waals surface area contributed by atoms with Gasteiger partial charge in [0.1, 0.15) is 5.75 Å². The van der Waals surface area contributed by atoms with E-state index >= 15 is 0 Å². The second kappa shape index (κ2) is 8.66. The Balaban J connectivity index is 2.19. The minimum Gasteiger partial charge on any atom is -0.494 e. The molecule has 1 heterocycles. The highest BCUT2D eigenvalue weighted by molar-refractivity contribution is 7.91. The Labute approximate surface area is 169 Å². The van der Waals surface area contributed by atoms with Gasteiger partial charge in [-0.25, -0.2) is 8.42 Å². The zero-order valence-electron chi connectivity index (χ0n) is 17.1. The highest BCUT2D eigenvalue weighted by Gasteiger charge is 2.41. The maximum atomic E-state index is 13.5. The maximum Gasteiger partial charge on any atom is 0.180 e. The van der Waals surface area contributed by atoms with Gasteiger partial charge in [0, 0.05) is 5.54 Å². The molecule has 2 aromatic rings. The summed E-state index contributed by atoms with van der Waals surface area (Å²) in [5.74, 6) is 0.719. The van der Waals surface area contributed by atoms with E-state index in [0.29, 0.717) is 17.3 Å².